The van der Waals surface area contributed by atoms with Crippen LogP contribution in [-0.4, -0.2) is 73.1 Å². The number of halogens is 4. The Balaban J connectivity index is 1.43. The molecule has 0 amide bonds. The molecule has 0 saturated carbocycles. The lowest BCUT2D eigenvalue weighted by atomic mass is 10.0. The first kappa shape index (κ1) is 33.6. The van der Waals surface area contributed by atoms with Gasteiger partial charge in [0, 0.05) is 36.6 Å². The molecule has 2 aliphatic heterocycles. The minimum absolute atomic E-state index is 0.0676. The Kier molecular flexibility index (Phi) is 10.7. The number of aromatic nitrogens is 2. The number of alkyl halides is 3. The van der Waals surface area contributed by atoms with E-state index in [-0.39, 0.29) is 30.5 Å². The summed E-state index contributed by atoms with van der Waals surface area (Å²) in [4.78, 5) is 28.4. The predicted molar refractivity (Wildman–Crippen MR) is 163 cm³/mol. The number of rotatable bonds is 12. The number of ether oxygens (including phenoxy) is 4. The second kappa shape index (κ2) is 14.7. The third kappa shape index (κ3) is 8.12. The SMILES string of the molecule is CCCOc1nc(Cc2ccc(Cl)cc2)nc2c1N(OC(=O)C(F)(F)F)C(c1cc(C)c(OCCCN3CCOCC3)c(C)c1)O2. The number of hydrogen-bond donors (Lipinski definition) is 0. The number of aryl methyl sites for hydroxylation is 2. The quantitative estimate of drug-likeness (QED) is 0.210. The molecule has 248 valence electrons. The minimum atomic E-state index is -5.27. The number of anilines is 1. The largest absolute Gasteiger partial charge is 0.493 e. The number of fused-ring (bicyclic) bond motifs is 1. The third-order valence-electron chi connectivity index (χ3n) is 7.39. The summed E-state index contributed by atoms with van der Waals surface area (Å²) in [5, 5.41) is 1.30. The van der Waals surface area contributed by atoms with E-state index in [0.29, 0.717) is 35.2 Å². The van der Waals surface area contributed by atoms with Gasteiger partial charge in [-0.2, -0.15) is 23.1 Å². The molecule has 14 heteroatoms. The highest BCUT2D eigenvalue weighted by Crippen LogP contribution is 2.48. The van der Waals surface area contributed by atoms with Gasteiger partial charge in [0.25, 0.3) is 5.88 Å². The fourth-order valence-corrected chi connectivity index (χ4v) is 5.37. The molecule has 10 nitrogen and oxygen atoms in total. The molecule has 46 heavy (non-hydrogen) atoms. The highest BCUT2D eigenvalue weighted by atomic mass is 35.5. The van der Waals surface area contributed by atoms with E-state index in [1.807, 2.05) is 32.9 Å². The summed E-state index contributed by atoms with van der Waals surface area (Å²) >= 11 is 6.02. The maximum Gasteiger partial charge on any atom is 0.493 e. The van der Waals surface area contributed by atoms with Crippen molar-refractivity contribution in [3.8, 4) is 17.5 Å². The summed E-state index contributed by atoms with van der Waals surface area (Å²) in [6.45, 7) is 10.4. The van der Waals surface area contributed by atoms with Crippen LogP contribution in [0, 0.1) is 13.8 Å². The number of morpholine rings is 1. The molecule has 1 aromatic heterocycles. The fraction of sp³-hybridized carbons (Fsp3) is 0.469. The highest BCUT2D eigenvalue weighted by Gasteiger charge is 2.48. The zero-order valence-electron chi connectivity index (χ0n) is 25.9. The van der Waals surface area contributed by atoms with Gasteiger partial charge in [0.15, 0.2) is 0 Å². The monoisotopic (exact) mass is 664 g/mol. The molecule has 2 aromatic carbocycles. The highest BCUT2D eigenvalue weighted by molar-refractivity contribution is 6.30. The van der Waals surface area contributed by atoms with Gasteiger partial charge in [0.1, 0.15) is 11.6 Å². The van der Waals surface area contributed by atoms with E-state index in [0.717, 1.165) is 61.0 Å². The van der Waals surface area contributed by atoms with E-state index in [2.05, 4.69) is 14.9 Å². The van der Waals surface area contributed by atoms with Crippen molar-refractivity contribution in [3.05, 3.63) is 69.5 Å². The van der Waals surface area contributed by atoms with Crippen molar-refractivity contribution in [2.75, 3.05) is 51.1 Å². The summed E-state index contributed by atoms with van der Waals surface area (Å²) < 4.78 is 63.8. The lowest BCUT2D eigenvalue weighted by Gasteiger charge is -2.26. The van der Waals surface area contributed by atoms with E-state index in [4.69, 9.17) is 35.4 Å². The molecule has 1 atom stereocenters. The number of benzene rings is 2. The number of hydroxylamine groups is 1. The number of nitrogens with zero attached hydrogens (tertiary/aromatic N) is 4. The second-order valence-corrected chi connectivity index (χ2v) is 11.5. The first-order valence-corrected chi connectivity index (χ1v) is 15.5. The zero-order valence-corrected chi connectivity index (χ0v) is 26.6. The first-order valence-electron chi connectivity index (χ1n) is 15.1. The molecule has 0 bridgehead atoms. The lowest BCUT2D eigenvalue weighted by molar-refractivity contribution is -0.203. The van der Waals surface area contributed by atoms with Gasteiger partial charge in [-0.05, 0) is 67.6 Å². The lowest BCUT2D eigenvalue weighted by Crippen LogP contribution is -2.37. The van der Waals surface area contributed by atoms with Crippen molar-refractivity contribution in [2.24, 2.45) is 0 Å². The summed E-state index contributed by atoms with van der Waals surface area (Å²) in [5.74, 6) is -1.61. The van der Waals surface area contributed by atoms with Crippen LogP contribution in [0.4, 0.5) is 18.9 Å². The second-order valence-electron chi connectivity index (χ2n) is 11.1. The summed E-state index contributed by atoms with van der Waals surface area (Å²) in [6.07, 6.45) is -4.90. The van der Waals surface area contributed by atoms with Crippen LogP contribution in [0.1, 0.15) is 54.1 Å². The van der Waals surface area contributed by atoms with E-state index < -0.39 is 18.4 Å². The third-order valence-corrected chi connectivity index (χ3v) is 7.64. The van der Waals surface area contributed by atoms with Crippen molar-refractivity contribution in [1.82, 2.24) is 14.9 Å². The van der Waals surface area contributed by atoms with E-state index >= 15 is 0 Å². The van der Waals surface area contributed by atoms with Gasteiger partial charge in [-0.3, -0.25) is 4.90 Å². The topological polar surface area (TPSA) is 95.5 Å². The minimum Gasteiger partial charge on any atom is -0.493 e. The van der Waals surface area contributed by atoms with Crippen LogP contribution in [0.15, 0.2) is 36.4 Å². The standard InChI is InChI=1S/C32H36ClF3N4O6/c1-4-13-44-28-26-29(38-25(37-28)19-22-6-8-24(33)9-7-22)45-30(40(26)46-31(41)32(34,35)36)23-17-20(2)27(21(3)18-23)43-14-5-10-39-11-15-42-16-12-39/h6-9,17-18,30H,4-5,10-16,19H2,1-3H3. The van der Waals surface area contributed by atoms with Crippen LogP contribution in [-0.2, 0) is 20.8 Å². The Morgan fingerprint density at radius 2 is 1.74 bits per heavy atom. The Morgan fingerprint density at radius 3 is 2.39 bits per heavy atom. The number of carbonyl (C=O) groups is 1. The molecule has 2 aliphatic rings. The van der Waals surface area contributed by atoms with Crippen LogP contribution < -0.4 is 19.3 Å². The van der Waals surface area contributed by atoms with Gasteiger partial charge in [-0.25, -0.2) is 4.79 Å². The molecule has 5 rings (SSSR count). The zero-order chi connectivity index (χ0) is 32.8. The average Bonchev–Trinajstić information content (AvgIpc) is 3.38. The normalized spacial score (nSPS) is 16.6. The van der Waals surface area contributed by atoms with Crippen LogP contribution in [0.2, 0.25) is 5.02 Å². The van der Waals surface area contributed by atoms with Crippen LogP contribution >= 0.6 is 11.6 Å². The Hall–Kier alpha value is -3.81. The predicted octanol–water partition coefficient (Wildman–Crippen LogP) is 6.15. The van der Waals surface area contributed by atoms with Gasteiger partial charge in [0.2, 0.25) is 17.8 Å². The smallest absolute Gasteiger partial charge is 0.493 e. The van der Waals surface area contributed by atoms with Gasteiger partial charge < -0.3 is 23.8 Å². The van der Waals surface area contributed by atoms with Crippen LogP contribution in [0.25, 0.3) is 0 Å². The number of carbonyl (C=O) groups excluding carboxylic acids is 1. The van der Waals surface area contributed by atoms with Crippen molar-refractivity contribution >= 4 is 23.3 Å². The van der Waals surface area contributed by atoms with Crippen molar-refractivity contribution in [1.29, 1.82) is 0 Å². The Bertz CT molecular complexity index is 1500. The molecule has 1 saturated heterocycles. The van der Waals surface area contributed by atoms with Crippen LogP contribution in [0.5, 0.6) is 17.5 Å². The molecule has 1 unspecified atom stereocenters. The number of hydrogen-bond acceptors (Lipinski definition) is 10. The molecule has 1 fully saturated rings. The maximum atomic E-state index is 13.5. The maximum absolute atomic E-state index is 13.5. The Labute approximate surface area is 270 Å². The first-order chi connectivity index (χ1) is 22.0. The van der Waals surface area contributed by atoms with Crippen molar-refractivity contribution in [3.63, 3.8) is 0 Å². The van der Waals surface area contributed by atoms with Crippen LogP contribution in [0.3, 0.4) is 0 Å². The molecular formula is C32H36ClF3N4O6. The van der Waals surface area contributed by atoms with E-state index in [1.165, 1.54) is 0 Å². The van der Waals surface area contributed by atoms with Gasteiger partial charge in [-0.15, -0.1) is 5.06 Å². The van der Waals surface area contributed by atoms with Gasteiger partial charge >= 0.3 is 12.1 Å². The summed E-state index contributed by atoms with van der Waals surface area (Å²) in [7, 11) is 0. The van der Waals surface area contributed by atoms with E-state index in [9.17, 15) is 18.0 Å². The summed E-state index contributed by atoms with van der Waals surface area (Å²) in [6, 6.07) is 10.5. The molecule has 0 radical (unpaired) electrons. The molecule has 3 heterocycles. The Morgan fingerprint density at radius 1 is 1.04 bits per heavy atom. The fourth-order valence-electron chi connectivity index (χ4n) is 5.24. The molecule has 0 N–H and O–H groups in total. The van der Waals surface area contributed by atoms with Crippen molar-refractivity contribution in [2.45, 2.75) is 52.4 Å². The van der Waals surface area contributed by atoms with Gasteiger partial charge in [-0.1, -0.05) is 30.7 Å². The molecule has 0 spiro atoms. The average molecular weight is 665 g/mol. The van der Waals surface area contributed by atoms with Crippen molar-refractivity contribution < 1.29 is 41.8 Å². The van der Waals surface area contributed by atoms with E-state index in [1.54, 1.807) is 24.3 Å². The summed E-state index contributed by atoms with van der Waals surface area (Å²) in [5.41, 5.74) is 2.62. The van der Waals surface area contributed by atoms with Gasteiger partial charge in [0.05, 0.1) is 26.4 Å². The molecule has 0 aliphatic carbocycles. The molecular weight excluding hydrogens is 629 g/mol. The molecule has 3 aromatic rings.